The molecule has 0 radical (unpaired) electrons. The molecule has 1 nitrogen and oxygen atoms in total. The maximum atomic E-state index is 4.24. The smallest absolute Gasteiger partial charge is 0.0171 e. The second kappa shape index (κ2) is 6.71. The van der Waals surface area contributed by atoms with E-state index in [9.17, 15) is 0 Å². The molecule has 0 spiro atoms. The predicted molar refractivity (Wildman–Crippen MR) is 67.8 cm³/mol. The van der Waals surface area contributed by atoms with Crippen LogP contribution in [0.15, 0.2) is 24.9 Å². The second-order valence-electron chi connectivity index (χ2n) is 4.68. The largest absolute Gasteiger partial charge is 0.378 e. The summed E-state index contributed by atoms with van der Waals surface area (Å²) < 4.78 is 0. The zero-order valence-corrected chi connectivity index (χ0v) is 10.2. The maximum Gasteiger partial charge on any atom is 0.0171 e. The molecule has 0 saturated heterocycles. The van der Waals surface area contributed by atoms with Gasteiger partial charge in [0.25, 0.3) is 0 Å². The summed E-state index contributed by atoms with van der Waals surface area (Å²) in [4.78, 5) is 2.36. The lowest BCUT2D eigenvalue weighted by atomic mass is 10.0. The lowest BCUT2D eigenvalue weighted by Gasteiger charge is -2.26. The molecular weight excluding hydrogens is 182 g/mol. The molecule has 1 rings (SSSR count). The SMILES string of the molecule is C=CCCCCN(C)C(=C)C1CCCC1. The number of rotatable bonds is 7. The Kier molecular flexibility index (Phi) is 5.52. The lowest BCUT2D eigenvalue weighted by Crippen LogP contribution is -2.22. The molecule has 0 atom stereocenters. The summed E-state index contributed by atoms with van der Waals surface area (Å²) in [5, 5.41) is 0. The van der Waals surface area contributed by atoms with E-state index in [1.165, 1.54) is 44.2 Å². The minimum Gasteiger partial charge on any atom is -0.378 e. The minimum absolute atomic E-state index is 0.773. The highest BCUT2D eigenvalue weighted by Crippen LogP contribution is 2.31. The van der Waals surface area contributed by atoms with Crippen LogP contribution in [0.2, 0.25) is 0 Å². The standard InChI is InChI=1S/C14H25N/c1-4-5-6-9-12-15(3)13(2)14-10-7-8-11-14/h4,14H,1-2,5-12H2,3H3. The van der Waals surface area contributed by atoms with Crippen molar-refractivity contribution in [3.05, 3.63) is 24.9 Å². The van der Waals surface area contributed by atoms with Gasteiger partial charge in [0.15, 0.2) is 0 Å². The maximum absolute atomic E-state index is 4.24. The van der Waals surface area contributed by atoms with Gasteiger partial charge in [0.1, 0.15) is 0 Å². The number of allylic oxidation sites excluding steroid dienone is 2. The van der Waals surface area contributed by atoms with E-state index in [4.69, 9.17) is 0 Å². The molecule has 1 fully saturated rings. The summed E-state index contributed by atoms with van der Waals surface area (Å²) in [6.45, 7) is 9.14. The Bertz CT molecular complexity index is 201. The van der Waals surface area contributed by atoms with Crippen LogP contribution in [0.4, 0.5) is 0 Å². The van der Waals surface area contributed by atoms with Crippen molar-refractivity contribution in [1.29, 1.82) is 0 Å². The molecule has 0 aliphatic heterocycles. The van der Waals surface area contributed by atoms with E-state index in [1.54, 1.807) is 0 Å². The van der Waals surface area contributed by atoms with Crippen molar-refractivity contribution < 1.29 is 0 Å². The van der Waals surface area contributed by atoms with Gasteiger partial charge in [-0.05, 0) is 38.0 Å². The highest BCUT2D eigenvalue weighted by atomic mass is 15.1. The van der Waals surface area contributed by atoms with Crippen molar-refractivity contribution in [3.8, 4) is 0 Å². The summed E-state index contributed by atoms with van der Waals surface area (Å²) in [6, 6.07) is 0. The predicted octanol–water partition coefficient (Wildman–Crippen LogP) is 3.98. The Morgan fingerprint density at radius 2 is 2.00 bits per heavy atom. The number of hydrogen-bond acceptors (Lipinski definition) is 1. The van der Waals surface area contributed by atoms with Gasteiger partial charge in [-0.25, -0.2) is 0 Å². The van der Waals surface area contributed by atoms with Gasteiger partial charge in [-0.2, -0.15) is 0 Å². The lowest BCUT2D eigenvalue weighted by molar-refractivity contribution is 0.351. The zero-order chi connectivity index (χ0) is 11.1. The zero-order valence-electron chi connectivity index (χ0n) is 10.2. The molecule has 0 unspecified atom stereocenters. The topological polar surface area (TPSA) is 3.24 Å². The fraction of sp³-hybridized carbons (Fsp3) is 0.714. The molecule has 0 bridgehead atoms. The van der Waals surface area contributed by atoms with Crippen molar-refractivity contribution in [2.24, 2.45) is 5.92 Å². The van der Waals surface area contributed by atoms with Crippen molar-refractivity contribution in [2.45, 2.75) is 44.9 Å². The Labute approximate surface area is 94.9 Å². The molecule has 1 aliphatic carbocycles. The molecule has 1 heteroatoms. The molecular formula is C14H25N. The third kappa shape index (κ3) is 4.11. The average Bonchev–Trinajstić information content (AvgIpc) is 2.76. The summed E-state index contributed by atoms with van der Waals surface area (Å²) in [7, 11) is 2.19. The number of hydrogen-bond donors (Lipinski definition) is 0. The van der Waals surface area contributed by atoms with E-state index < -0.39 is 0 Å². The minimum atomic E-state index is 0.773. The van der Waals surface area contributed by atoms with Crippen molar-refractivity contribution in [3.63, 3.8) is 0 Å². The van der Waals surface area contributed by atoms with Crippen LogP contribution in [0.1, 0.15) is 44.9 Å². The van der Waals surface area contributed by atoms with Crippen LogP contribution in [-0.4, -0.2) is 18.5 Å². The first-order valence-electron chi connectivity index (χ1n) is 6.26. The highest BCUT2D eigenvalue weighted by Gasteiger charge is 2.19. The molecule has 1 aliphatic rings. The molecule has 0 heterocycles. The van der Waals surface area contributed by atoms with Crippen molar-refractivity contribution in [1.82, 2.24) is 4.90 Å². The molecule has 0 N–H and O–H groups in total. The second-order valence-corrected chi connectivity index (χ2v) is 4.68. The van der Waals surface area contributed by atoms with Crippen LogP contribution in [-0.2, 0) is 0 Å². The van der Waals surface area contributed by atoms with Gasteiger partial charge in [-0.15, -0.1) is 6.58 Å². The van der Waals surface area contributed by atoms with Gasteiger partial charge < -0.3 is 4.90 Å². The van der Waals surface area contributed by atoms with Gasteiger partial charge in [0, 0.05) is 19.3 Å². The van der Waals surface area contributed by atoms with Crippen LogP contribution in [0.5, 0.6) is 0 Å². The first-order valence-corrected chi connectivity index (χ1v) is 6.26. The third-order valence-electron chi connectivity index (χ3n) is 3.47. The van der Waals surface area contributed by atoms with Gasteiger partial charge in [-0.1, -0.05) is 25.5 Å². The highest BCUT2D eigenvalue weighted by molar-refractivity contribution is 5.00. The Morgan fingerprint density at radius 1 is 1.33 bits per heavy atom. The Morgan fingerprint density at radius 3 is 2.60 bits per heavy atom. The van der Waals surface area contributed by atoms with E-state index in [-0.39, 0.29) is 0 Å². The summed E-state index contributed by atoms with van der Waals surface area (Å²) in [6.07, 6.45) is 11.2. The van der Waals surface area contributed by atoms with Crippen LogP contribution < -0.4 is 0 Å². The summed E-state index contributed by atoms with van der Waals surface area (Å²) in [5.41, 5.74) is 1.37. The summed E-state index contributed by atoms with van der Waals surface area (Å²) >= 11 is 0. The van der Waals surface area contributed by atoms with E-state index in [0.717, 1.165) is 18.9 Å². The molecule has 0 amide bonds. The quantitative estimate of drug-likeness (QED) is 0.451. The molecule has 15 heavy (non-hydrogen) atoms. The van der Waals surface area contributed by atoms with Crippen molar-refractivity contribution >= 4 is 0 Å². The Balaban J connectivity index is 2.17. The number of unbranched alkanes of at least 4 members (excludes halogenated alkanes) is 2. The normalized spacial score (nSPS) is 16.6. The molecule has 0 aromatic rings. The molecule has 0 aromatic carbocycles. The summed E-state index contributed by atoms with van der Waals surface area (Å²) in [5.74, 6) is 0.773. The molecule has 1 saturated carbocycles. The third-order valence-corrected chi connectivity index (χ3v) is 3.47. The van der Waals surface area contributed by atoms with E-state index in [2.05, 4.69) is 25.1 Å². The fourth-order valence-electron chi connectivity index (χ4n) is 2.35. The first-order chi connectivity index (χ1) is 7.25. The molecule has 86 valence electrons. The van der Waals surface area contributed by atoms with Crippen LogP contribution >= 0.6 is 0 Å². The van der Waals surface area contributed by atoms with Crippen LogP contribution in [0.3, 0.4) is 0 Å². The fourth-order valence-corrected chi connectivity index (χ4v) is 2.35. The first kappa shape index (κ1) is 12.4. The van der Waals surface area contributed by atoms with Gasteiger partial charge >= 0.3 is 0 Å². The average molecular weight is 207 g/mol. The Hall–Kier alpha value is -0.720. The van der Waals surface area contributed by atoms with E-state index in [1.807, 2.05) is 6.08 Å². The van der Waals surface area contributed by atoms with E-state index >= 15 is 0 Å². The van der Waals surface area contributed by atoms with Gasteiger partial charge in [-0.3, -0.25) is 0 Å². The van der Waals surface area contributed by atoms with Crippen LogP contribution in [0, 0.1) is 5.92 Å². The van der Waals surface area contributed by atoms with Gasteiger partial charge in [0.05, 0.1) is 0 Å². The van der Waals surface area contributed by atoms with Crippen LogP contribution in [0.25, 0.3) is 0 Å². The van der Waals surface area contributed by atoms with E-state index in [0.29, 0.717) is 0 Å². The van der Waals surface area contributed by atoms with Gasteiger partial charge in [0.2, 0.25) is 0 Å². The van der Waals surface area contributed by atoms with Crippen molar-refractivity contribution in [2.75, 3.05) is 13.6 Å². The monoisotopic (exact) mass is 207 g/mol. The molecule has 0 aromatic heterocycles. The number of nitrogens with zero attached hydrogens (tertiary/aromatic N) is 1.